The van der Waals surface area contributed by atoms with Crippen LogP contribution in [-0.4, -0.2) is 45.9 Å². The lowest BCUT2D eigenvalue weighted by Gasteiger charge is -2.28. The molecule has 116 valence electrons. The van der Waals surface area contributed by atoms with Crippen LogP contribution in [0.1, 0.15) is 28.7 Å². The number of halogens is 3. The lowest BCUT2D eigenvalue weighted by atomic mass is 10.0. The molecule has 6 nitrogen and oxygen atoms in total. The molecule has 1 aromatic rings. The van der Waals surface area contributed by atoms with Gasteiger partial charge in [0.1, 0.15) is 0 Å². The second-order valence-corrected chi connectivity index (χ2v) is 4.59. The molecule has 0 N–H and O–H groups in total. The van der Waals surface area contributed by atoms with Gasteiger partial charge in [-0.25, -0.2) is 4.79 Å². The van der Waals surface area contributed by atoms with Gasteiger partial charge >= 0.3 is 18.1 Å². The quantitative estimate of drug-likeness (QED) is 0.766. The summed E-state index contributed by atoms with van der Waals surface area (Å²) < 4.78 is 43.7. The maximum atomic E-state index is 12.5. The van der Waals surface area contributed by atoms with E-state index in [9.17, 15) is 22.8 Å². The highest BCUT2D eigenvalue weighted by Crippen LogP contribution is 2.26. The van der Waals surface area contributed by atoms with E-state index in [0.29, 0.717) is 16.2 Å². The molecule has 1 aliphatic rings. The lowest BCUT2D eigenvalue weighted by Crippen LogP contribution is -2.44. The smallest absolute Gasteiger partial charge is 0.461 e. The van der Waals surface area contributed by atoms with E-state index in [2.05, 4.69) is 5.10 Å². The summed E-state index contributed by atoms with van der Waals surface area (Å²) in [5.41, 5.74) is 0.929. The van der Waals surface area contributed by atoms with Crippen molar-refractivity contribution in [1.82, 2.24) is 14.7 Å². The summed E-state index contributed by atoms with van der Waals surface area (Å²) in [4.78, 5) is 23.8. The molecule has 0 saturated carbocycles. The Hall–Kier alpha value is -2.06. The van der Waals surface area contributed by atoms with Crippen LogP contribution in [0.2, 0.25) is 0 Å². The zero-order valence-electron chi connectivity index (χ0n) is 11.5. The van der Waals surface area contributed by atoms with Gasteiger partial charge in [-0.15, -0.1) is 0 Å². The Kier molecular flexibility index (Phi) is 3.93. The van der Waals surface area contributed by atoms with E-state index in [1.165, 1.54) is 4.68 Å². The number of aromatic nitrogens is 2. The minimum atomic E-state index is -4.93. The number of aryl methyl sites for hydroxylation is 1. The first-order chi connectivity index (χ1) is 9.75. The first-order valence-electron chi connectivity index (χ1n) is 6.33. The zero-order chi connectivity index (χ0) is 15.8. The van der Waals surface area contributed by atoms with E-state index >= 15 is 0 Å². The number of rotatable bonds is 2. The van der Waals surface area contributed by atoms with Gasteiger partial charge in [0.05, 0.1) is 13.2 Å². The molecule has 0 spiro atoms. The Balaban J connectivity index is 2.31. The first-order valence-corrected chi connectivity index (χ1v) is 6.33. The molecule has 1 amide bonds. The third-order valence-corrected chi connectivity index (χ3v) is 3.24. The molecule has 0 radical (unpaired) electrons. The van der Waals surface area contributed by atoms with Crippen molar-refractivity contribution in [2.75, 3.05) is 13.2 Å². The summed E-state index contributed by atoms with van der Waals surface area (Å²) in [6.45, 7) is 1.39. The molecule has 0 saturated heterocycles. The van der Waals surface area contributed by atoms with Gasteiger partial charge in [-0.1, -0.05) is 0 Å². The second kappa shape index (κ2) is 5.38. The molecular formula is C12H14F3N3O3. The summed E-state index contributed by atoms with van der Waals surface area (Å²) in [5, 5.41) is 3.99. The number of hydrogen-bond acceptors (Lipinski definition) is 4. The number of esters is 1. The Morgan fingerprint density at radius 2 is 2.05 bits per heavy atom. The minimum Gasteiger partial charge on any atom is -0.461 e. The fourth-order valence-electron chi connectivity index (χ4n) is 2.31. The number of nitrogens with zero attached hydrogens (tertiary/aromatic N) is 3. The monoisotopic (exact) mass is 305 g/mol. The van der Waals surface area contributed by atoms with Crippen LogP contribution < -0.4 is 0 Å². The molecular weight excluding hydrogens is 291 g/mol. The van der Waals surface area contributed by atoms with Crippen LogP contribution in [0.4, 0.5) is 13.2 Å². The topological polar surface area (TPSA) is 64.4 Å². The highest BCUT2D eigenvalue weighted by molar-refractivity contribution is 5.90. The Bertz CT molecular complexity index is 580. The van der Waals surface area contributed by atoms with E-state index in [1.807, 2.05) is 0 Å². The summed E-state index contributed by atoms with van der Waals surface area (Å²) in [5.74, 6) is -2.61. The molecule has 2 rings (SSSR count). The SMILES string of the molecule is CCOC(=O)c1nn(C)c2c1CN(C(=O)C(F)(F)F)CC2. The number of fused-ring (bicyclic) bond motifs is 1. The van der Waals surface area contributed by atoms with E-state index in [-0.39, 0.29) is 31.8 Å². The van der Waals surface area contributed by atoms with Gasteiger partial charge in [-0.2, -0.15) is 18.3 Å². The highest BCUT2D eigenvalue weighted by Gasteiger charge is 2.44. The third-order valence-electron chi connectivity index (χ3n) is 3.24. The van der Waals surface area contributed by atoms with Crippen molar-refractivity contribution in [1.29, 1.82) is 0 Å². The number of alkyl halides is 3. The fourth-order valence-corrected chi connectivity index (χ4v) is 2.31. The standard InChI is InChI=1S/C12H14F3N3O3/c1-3-21-10(19)9-7-6-18(11(20)12(13,14)15)5-4-8(7)17(2)16-9/h3-6H2,1-2H3. The van der Waals surface area contributed by atoms with Crippen molar-refractivity contribution < 1.29 is 27.5 Å². The predicted octanol–water partition coefficient (Wildman–Crippen LogP) is 1.04. The van der Waals surface area contributed by atoms with Crippen molar-refractivity contribution in [3.8, 4) is 0 Å². The normalized spacial score (nSPS) is 14.8. The van der Waals surface area contributed by atoms with Crippen LogP contribution in [0.5, 0.6) is 0 Å². The molecule has 0 fully saturated rings. The van der Waals surface area contributed by atoms with Crippen LogP contribution in [-0.2, 0) is 29.5 Å². The molecule has 1 aromatic heterocycles. The van der Waals surface area contributed by atoms with Crippen LogP contribution >= 0.6 is 0 Å². The summed E-state index contributed by atoms with van der Waals surface area (Å²) in [6, 6.07) is 0. The van der Waals surface area contributed by atoms with Crippen LogP contribution in [0.3, 0.4) is 0 Å². The summed E-state index contributed by atoms with van der Waals surface area (Å²) >= 11 is 0. The molecule has 0 atom stereocenters. The van der Waals surface area contributed by atoms with Crippen molar-refractivity contribution in [2.24, 2.45) is 7.05 Å². The lowest BCUT2D eigenvalue weighted by molar-refractivity contribution is -0.186. The third kappa shape index (κ3) is 2.86. The van der Waals surface area contributed by atoms with Crippen LogP contribution in [0.15, 0.2) is 0 Å². The maximum Gasteiger partial charge on any atom is 0.471 e. The molecule has 9 heteroatoms. The number of hydrogen-bond donors (Lipinski definition) is 0. The average Bonchev–Trinajstić information content (AvgIpc) is 2.74. The van der Waals surface area contributed by atoms with Crippen molar-refractivity contribution in [2.45, 2.75) is 26.1 Å². The maximum absolute atomic E-state index is 12.5. The van der Waals surface area contributed by atoms with Gasteiger partial charge in [0.25, 0.3) is 0 Å². The molecule has 21 heavy (non-hydrogen) atoms. The number of ether oxygens (including phenoxy) is 1. The second-order valence-electron chi connectivity index (χ2n) is 4.59. The Morgan fingerprint density at radius 3 is 2.62 bits per heavy atom. The largest absolute Gasteiger partial charge is 0.471 e. The van der Waals surface area contributed by atoms with Gasteiger partial charge in [-0.05, 0) is 6.92 Å². The molecule has 2 heterocycles. The average molecular weight is 305 g/mol. The fraction of sp³-hybridized carbons (Fsp3) is 0.583. The highest BCUT2D eigenvalue weighted by atomic mass is 19.4. The van der Waals surface area contributed by atoms with E-state index in [0.717, 1.165) is 0 Å². The molecule has 1 aliphatic heterocycles. The molecule has 0 aliphatic carbocycles. The van der Waals surface area contributed by atoms with Crippen LogP contribution in [0.25, 0.3) is 0 Å². The summed E-state index contributed by atoms with van der Waals surface area (Å²) in [6.07, 6.45) is -4.72. The van der Waals surface area contributed by atoms with Crippen molar-refractivity contribution >= 4 is 11.9 Å². The van der Waals surface area contributed by atoms with Crippen molar-refractivity contribution in [3.05, 3.63) is 17.0 Å². The first kappa shape index (κ1) is 15.3. The van der Waals surface area contributed by atoms with Gasteiger partial charge in [0.15, 0.2) is 5.69 Å². The predicted molar refractivity (Wildman–Crippen MR) is 64.3 cm³/mol. The number of carbonyl (C=O) groups is 2. The Morgan fingerprint density at radius 1 is 1.38 bits per heavy atom. The molecule has 0 bridgehead atoms. The minimum absolute atomic E-state index is 0.0333. The number of amides is 1. The van der Waals surface area contributed by atoms with Gasteiger partial charge in [-0.3, -0.25) is 9.48 Å². The van der Waals surface area contributed by atoms with Gasteiger partial charge in [0, 0.05) is 31.3 Å². The molecule has 0 unspecified atom stereocenters. The van der Waals surface area contributed by atoms with E-state index in [1.54, 1.807) is 14.0 Å². The van der Waals surface area contributed by atoms with E-state index in [4.69, 9.17) is 4.74 Å². The summed E-state index contributed by atoms with van der Waals surface area (Å²) in [7, 11) is 1.60. The molecule has 0 aromatic carbocycles. The zero-order valence-corrected chi connectivity index (χ0v) is 11.5. The van der Waals surface area contributed by atoms with Gasteiger partial charge in [0.2, 0.25) is 0 Å². The van der Waals surface area contributed by atoms with Gasteiger partial charge < -0.3 is 9.64 Å². The number of carbonyl (C=O) groups excluding carboxylic acids is 2. The van der Waals surface area contributed by atoms with Crippen molar-refractivity contribution in [3.63, 3.8) is 0 Å². The Labute approximate surface area is 118 Å². The van der Waals surface area contributed by atoms with E-state index < -0.39 is 18.1 Å². The van der Waals surface area contributed by atoms with Crippen LogP contribution in [0, 0.1) is 0 Å².